The predicted molar refractivity (Wildman–Crippen MR) is 77.4 cm³/mol. The van der Waals surface area contributed by atoms with Gasteiger partial charge >= 0.3 is 0 Å². The van der Waals surface area contributed by atoms with Crippen LogP contribution in [0.15, 0.2) is 28.7 Å². The van der Waals surface area contributed by atoms with E-state index in [0.29, 0.717) is 6.04 Å². The molecular weight excluding hydrogens is 292 g/mol. The SMILES string of the molecule is NC(CCN(CCO)C1CC1)c1cccc(Br)c1. The number of rotatable bonds is 7. The maximum Gasteiger partial charge on any atom is 0.0558 e. The van der Waals surface area contributed by atoms with E-state index in [-0.39, 0.29) is 12.6 Å². The fourth-order valence-corrected chi connectivity index (χ4v) is 2.67. The van der Waals surface area contributed by atoms with Crippen LogP contribution in [0.2, 0.25) is 0 Å². The summed E-state index contributed by atoms with van der Waals surface area (Å²) in [5.41, 5.74) is 7.39. The van der Waals surface area contributed by atoms with Crippen molar-refractivity contribution in [2.24, 2.45) is 5.73 Å². The van der Waals surface area contributed by atoms with Crippen molar-refractivity contribution >= 4 is 15.9 Å². The topological polar surface area (TPSA) is 49.5 Å². The van der Waals surface area contributed by atoms with Crippen LogP contribution in [0.3, 0.4) is 0 Å². The van der Waals surface area contributed by atoms with Gasteiger partial charge in [-0.2, -0.15) is 0 Å². The van der Waals surface area contributed by atoms with Gasteiger partial charge in [0.05, 0.1) is 6.61 Å². The Bertz CT molecular complexity index is 382. The molecule has 2 rings (SSSR count). The second kappa shape index (κ2) is 6.66. The summed E-state index contributed by atoms with van der Waals surface area (Å²) in [5.74, 6) is 0. The Morgan fingerprint density at radius 1 is 1.39 bits per heavy atom. The summed E-state index contributed by atoms with van der Waals surface area (Å²) in [6.07, 6.45) is 3.48. The first-order chi connectivity index (χ1) is 8.70. The summed E-state index contributed by atoms with van der Waals surface area (Å²) in [6, 6.07) is 8.94. The minimum absolute atomic E-state index is 0.0717. The molecule has 1 unspecified atom stereocenters. The molecule has 0 bridgehead atoms. The molecule has 0 spiro atoms. The fraction of sp³-hybridized carbons (Fsp3) is 0.571. The van der Waals surface area contributed by atoms with E-state index in [1.807, 2.05) is 12.1 Å². The highest BCUT2D eigenvalue weighted by Gasteiger charge is 2.28. The van der Waals surface area contributed by atoms with Crippen LogP contribution in [0.4, 0.5) is 0 Å². The zero-order chi connectivity index (χ0) is 13.0. The molecule has 0 radical (unpaired) electrons. The Morgan fingerprint density at radius 2 is 2.17 bits per heavy atom. The molecule has 1 fully saturated rings. The molecular formula is C14H21BrN2O. The third-order valence-electron chi connectivity index (χ3n) is 3.45. The third kappa shape index (κ3) is 4.05. The highest BCUT2D eigenvalue weighted by molar-refractivity contribution is 9.10. The second-order valence-electron chi connectivity index (χ2n) is 4.94. The summed E-state index contributed by atoms with van der Waals surface area (Å²) >= 11 is 3.47. The van der Waals surface area contributed by atoms with Crippen LogP contribution in [0.1, 0.15) is 30.9 Å². The molecule has 1 saturated carbocycles. The Labute approximate surface area is 117 Å². The molecule has 0 amide bonds. The minimum atomic E-state index is 0.0717. The van der Waals surface area contributed by atoms with E-state index >= 15 is 0 Å². The van der Waals surface area contributed by atoms with Gasteiger partial charge in [-0.15, -0.1) is 0 Å². The largest absolute Gasteiger partial charge is 0.395 e. The minimum Gasteiger partial charge on any atom is -0.395 e. The molecule has 0 aliphatic heterocycles. The van der Waals surface area contributed by atoms with Crippen LogP contribution in [0.25, 0.3) is 0 Å². The molecule has 18 heavy (non-hydrogen) atoms. The molecule has 1 aliphatic carbocycles. The van der Waals surface area contributed by atoms with Crippen molar-refractivity contribution in [3.8, 4) is 0 Å². The van der Waals surface area contributed by atoms with E-state index < -0.39 is 0 Å². The Kier molecular flexibility index (Phi) is 5.18. The van der Waals surface area contributed by atoms with Gasteiger partial charge in [-0.25, -0.2) is 0 Å². The van der Waals surface area contributed by atoms with Crippen molar-refractivity contribution in [2.45, 2.75) is 31.3 Å². The van der Waals surface area contributed by atoms with Crippen molar-refractivity contribution in [1.29, 1.82) is 0 Å². The smallest absolute Gasteiger partial charge is 0.0558 e. The van der Waals surface area contributed by atoms with E-state index in [1.165, 1.54) is 18.4 Å². The molecule has 0 saturated heterocycles. The number of nitrogens with zero attached hydrogens (tertiary/aromatic N) is 1. The summed E-state index contributed by atoms with van der Waals surface area (Å²) in [6.45, 7) is 1.98. The molecule has 1 aromatic rings. The van der Waals surface area contributed by atoms with Gasteiger partial charge in [-0.1, -0.05) is 28.1 Å². The van der Waals surface area contributed by atoms with E-state index in [4.69, 9.17) is 10.8 Å². The summed E-state index contributed by atoms with van der Waals surface area (Å²) in [5, 5.41) is 9.05. The summed E-state index contributed by atoms with van der Waals surface area (Å²) in [7, 11) is 0. The Hall–Kier alpha value is -0.420. The van der Waals surface area contributed by atoms with E-state index in [1.54, 1.807) is 0 Å². The molecule has 100 valence electrons. The van der Waals surface area contributed by atoms with Gasteiger partial charge in [-0.3, -0.25) is 4.90 Å². The molecule has 3 nitrogen and oxygen atoms in total. The molecule has 0 heterocycles. The number of aliphatic hydroxyl groups excluding tert-OH is 1. The highest BCUT2D eigenvalue weighted by atomic mass is 79.9. The van der Waals surface area contributed by atoms with Crippen LogP contribution in [-0.4, -0.2) is 35.7 Å². The van der Waals surface area contributed by atoms with Crippen LogP contribution >= 0.6 is 15.9 Å². The summed E-state index contributed by atoms with van der Waals surface area (Å²) in [4.78, 5) is 2.36. The number of hydrogen-bond acceptors (Lipinski definition) is 3. The van der Waals surface area contributed by atoms with E-state index in [9.17, 15) is 0 Å². The number of benzene rings is 1. The number of hydrogen-bond donors (Lipinski definition) is 2. The Balaban J connectivity index is 1.84. The molecule has 1 aromatic carbocycles. The Morgan fingerprint density at radius 3 is 2.78 bits per heavy atom. The third-order valence-corrected chi connectivity index (χ3v) is 3.95. The van der Waals surface area contributed by atoms with Crippen molar-refractivity contribution in [2.75, 3.05) is 19.7 Å². The number of nitrogens with two attached hydrogens (primary N) is 1. The lowest BCUT2D eigenvalue weighted by Gasteiger charge is -2.23. The molecule has 4 heteroatoms. The van der Waals surface area contributed by atoms with Gasteiger partial charge < -0.3 is 10.8 Å². The average Bonchev–Trinajstić information content (AvgIpc) is 3.18. The van der Waals surface area contributed by atoms with E-state index in [2.05, 4.69) is 33.0 Å². The van der Waals surface area contributed by atoms with Gasteiger partial charge in [0.25, 0.3) is 0 Å². The fourth-order valence-electron chi connectivity index (χ4n) is 2.25. The van der Waals surface area contributed by atoms with Crippen molar-refractivity contribution < 1.29 is 5.11 Å². The van der Waals surface area contributed by atoms with Crippen LogP contribution in [0, 0.1) is 0 Å². The monoisotopic (exact) mass is 312 g/mol. The van der Waals surface area contributed by atoms with Crippen LogP contribution < -0.4 is 5.73 Å². The highest BCUT2D eigenvalue weighted by Crippen LogP contribution is 2.27. The average molecular weight is 313 g/mol. The maximum absolute atomic E-state index is 9.05. The van der Waals surface area contributed by atoms with Gasteiger partial charge in [-0.05, 0) is 37.0 Å². The number of halogens is 1. The zero-order valence-corrected chi connectivity index (χ0v) is 12.1. The lowest BCUT2D eigenvalue weighted by atomic mass is 10.0. The lowest BCUT2D eigenvalue weighted by molar-refractivity contribution is 0.185. The molecule has 0 aromatic heterocycles. The van der Waals surface area contributed by atoms with Crippen molar-refractivity contribution in [3.63, 3.8) is 0 Å². The van der Waals surface area contributed by atoms with Crippen molar-refractivity contribution in [3.05, 3.63) is 34.3 Å². The molecule has 1 atom stereocenters. The predicted octanol–water partition coefficient (Wildman–Crippen LogP) is 2.30. The van der Waals surface area contributed by atoms with Crippen molar-refractivity contribution in [1.82, 2.24) is 4.90 Å². The standard InChI is InChI=1S/C14H21BrN2O/c15-12-3-1-2-11(10-12)14(16)6-7-17(8-9-18)13-4-5-13/h1-3,10,13-14,18H,4-9,16H2. The first-order valence-corrected chi connectivity index (χ1v) is 7.36. The van der Waals surface area contributed by atoms with Gasteiger partial charge in [0.1, 0.15) is 0 Å². The van der Waals surface area contributed by atoms with Gasteiger partial charge in [0.15, 0.2) is 0 Å². The first kappa shape index (κ1) is 14.0. The van der Waals surface area contributed by atoms with Crippen LogP contribution in [0.5, 0.6) is 0 Å². The quantitative estimate of drug-likeness (QED) is 0.812. The van der Waals surface area contributed by atoms with Crippen LogP contribution in [-0.2, 0) is 0 Å². The first-order valence-electron chi connectivity index (χ1n) is 6.56. The van der Waals surface area contributed by atoms with E-state index in [0.717, 1.165) is 24.0 Å². The maximum atomic E-state index is 9.05. The van der Waals surface area contributed by atoms with Gasteiger partial charge in [0, 0.05) is 29.6 Å². The summed E-state index contributed by atoms with van der Waals surface area (Å²) < 4.78 is 1.07. The normalized spacial score (nSPS) is 17.1. The molecule has 1 aliphatic rings. The lowest BCUT2D eigenvalue weighted by Crippen LogP contribution is -2.32. The molecule has 3 N–H and O–H groups in total. The zero-order valence-electron chi connectivity index (χ0n) is 10.6. The van der Waals surface area contributed by atoms with Gasteiger partial charge in [0.2, 0.25) is 0 Å². The second-order valence-corrected chi connectivity index (χ2v) is 5.86. The number of aliphatic hydroxyl groups is 1.